The zero-order valence-corrected chi connectivity index (χ0v) is 22.7. The van der Waals surface area contributed by atoms with Crippen LogP contribution in [0.5, 0.6) is 11.5 Å². The summed E-state index contributed by atoms with van der Waals surface area (Å²) in [4.78, 5) is 28.1. The van der Waals surface area contributed by atoms with E-state index in [1.807, 2.05) is 52.8 Å². The van der Waals surface area contributed by atoms with E-state index in [9.17, 15) is 9.59 Å². The van der Waals surface area contributed by atoms with Gasteiger partial charge in [0.05, 0.1) is 13.2 Å². The van der Waals surface area contributed by atoms with E-state index < -0.39 is 6.04 Å². The number of hydrogen-bond acceptors (Lipinski definition) is 4. The molecule has 0 fully saturated rings. The number of aryl methyl sites for hydroxylation is 1. The molecule has 0 aliphatic heterocycles. The van der Waals surface area contributed by atoms with Crippen molar-refractivity contribution in [3.8, 4) is 11.5 Å². The molecule has 0 radical (unpaired) electrons. The lowest BCUT2D eigenvalue weighted by Crippen LogP contribution is -2.50. The average molecular weight is 524 g/mol. The molecule has 1 atom stereocenters. The smallest absolute Gasteiger partial charge is 0.243 e. The van der Waals surface area contributed by atoms with Crippen molar-refractivity contribution in [3.05, 3.63) is 57.6 Å². The van der Waals surface area contributed by atoms with E-state index >= 15 is 0 Å². The third-order valence-electron chi connectivity index (χ3n) is 5.41. The second-order valence-corrected chi connectivity index (χ2v) is 9.34. The molecule has 2 rings (SSSR count). The summed E-state index contributed by atoms with van der Waals surface area (Å²) in [6.07, 6.45) is 1.21. The summed E-state index contributed by atoms with van der Waals surface area (Å²) in [7, 11) is 0. The molecule has 35 heavy (non-hydrogen) atoms. The van der Waals surface area contributed by atoms with Gasteiger partial charge < -0.3 is 19.7 Å². The highest BCUT2D eigenvalue weighted by Crippen LogP contribution is 2.29. The quantitative estimate of drug-likeness (QED) is 0.347. The van der Waals surface area contributed by atoms with Crippen molar-refractivity contribution >= 4 is 35.0 Å². The second-order valence-electron chi connectivity index (χ2n) is 8.49. The first-order chi connectivity index (χ1) is 16.7. The minimum atomic E-state index is -0.615. The van der Waals surface area contributed by atoms with Crippen LogP contribution in [-0.2, 0) is 22.6 Å². The first-order valence-electron chi connectivity index (χ1n) is 12.1. The molecule has 1 N–H and O–H groups in total. The van der Waals surface area contributed by atoms with E-state index in [0.717, 1.165) is 11.1 Å². The number of halogens is 2. The molecule has 0 heterocycles. The fourth-order valence-electron chi connectivity index (χ4n) is 3.78. The van der Waals surface area contributed by atoms with Crippen LogP contribution < -0.4 is 14.8 Å². The molecular weight excluding hydrogens is 487 g/mol. The average Bonchev–Trinajstić information content (AvgIpc) is 2.80. The molecule has 0 saturated carbocycles. The highest BCUT2D eigenvalue weighted by Gasteiger charge is 2.29. The van der Waals surface area contributed by atoms with Gasteiger partial charge in [0.1, 0.15) is 6.04 Å². The fraction of sp³-hybridized carbons (Fsp3) is 0.481. The number of benzene rings is 2. The van der Waals surface area contributed by atoms with Gasteiger partial charge in [-0.25, -0.2) is 0 Å². The van der Waals surface area contributed by atoms with Crippen molar-refractivity contribution in [1.82, 2.24) is 10.2 Å². The summed E-state index contributed by atoms with van der Waals surface area (Å²) in [5.41, 5.74) is 1.69. The van der Waals surface area contributed by atoms with Crippen LogP contribution in [0.15, 0.2) is 36.4 Å². The molecule has 0 bridgehead atoms. The van der Waals surface area contributed by atoms with E-state index in [1.54, 1.807) is 23.1 Å². The van der Waals surface area contributed by atoms with Crippen molar-refractivity contribution in [2.75, 3.05) is 13.2 Å². The summed E-state index contributed by atoms with van der Waals surface area (Å²) < 4.78 is 11.3. The van der Waals surface area contributed by atoms with E-state index in [-0.39, 0.29) is 30.8 Å². The predicted molar refractivity (Wildman–Crippen MR) is 141 cm³/mol. The number of carbonyl (C=O) groups excluding carboxylic acids is 2. The van der Waals surface area contributed by atoms with Crippen LogP contribution in [0.1, 0.15) is 58.6 Å². The SMILES string of the molecule is CCOc1ccc(CCC(=O)N(Cc2ccc(Cl)cc2Cl)[C@H](CC)C(=O)NC(C)C)cc1OCC. The summed E-state index contributed by atoms with van der Waals surface area (Å²) in [6.45, 7) is 10.8. The summed E-state index contributed by atoms with van der Waals surface area (Å²) >= 11 is 12.5. The van der Waals surface area contributed by atoms with Crippen LogP contribution >= 0.6 is 23.2 Å². The Bertz CT molecular complexity index is 997. The number of amides is 2. The summed E-state index contributed by atoms with van der Waals surface area (Å²) in [5, 5.41) is 3.91. The fourth-order valence-corrected chi connectivity index (χ4v) is 4.25. The standard InChI is InChI=1S/C27H36Cl2N2O4/c1-6-23(27(33)30-18(4)5)31(17-20-11-12-21(28)16-22(20)29)26(32)14-10-19-9-13-24(34-7-2)25(15-19)35-8-3/h9,11-13,15-16,18,23H,6-8,10,14,17H2,1-5H3,(H,30,33)/t23-/m1/s1. The lowest BCUT2D eigenvalue weighted by molar-refractivity contribution is -0.141. The summed E-state index contributed by atoms with van der Waals surface area (Å²) in [5.74, 6) is 1.03. The van der Waals surface area contributed by atoms with Gasteiger partial charge in [-0.2, -0.15) is 0 Å². The largest absolute Gasteiger partial charge is 0.490 e. The van der Waals surface area contributed by atoms with Crippen LogP contribution in [-0.4, -0.2) is 42.0 Å². The Morgan fingerprint density at radius 1 is 0.971 bits per heavy atom. The number of ether oxygens (including phenoxy) is 2. The van der Waals surface area contributed by atoms with Crippen LogP contribution in [0.4, 0.5) is 0 Å². The first kappa shape index (κ1) is 28.8. The molecule has 2 amide bonds. The van der Waals surface area contributed by atoms with Crippen LogP contribution in [0.2, 0.25) is 10.0 Å². The minimum Gasteiger partial charge on any atom is -0.490 e. The topological polar surface area (TPSA) is 67.9 Å². The Labute approximate surface area is 218 Å². The zero-order chi connectivity index (χ0) is 26.0. The predicted octanol–water partition coefficient (Wildman–Crippen LogP) is 6.06. The Morgan fingerprint density at radius 2 is 1.66 bits per heavy atom. The molecule has 0 aliphatic rings. The van der Waals surface area contributed by atoms with Gasteiger partial charge in [0, 0.05) is 29.1 Å². The van der Waals surface area contributed by atoms with Crippen molar-refractivity contribution < 1.29 is 19.1 Å². The molecule has 8 heteroatoms. The Morgan fingerprint density at radius 3 is 2.26 bits per heavy atom. The molecule has 192 valence electrons. The lowest BCUT2D eigenvalue weighted by atomic mass is 10.1. The molecule has 2 aromatic rings. The monoisotopic (exact) mass is 522 g/mol. The molecule has 0 aromatic heterocycles. The van der Waals surface area contributed by atoms with Crippen LogP contribution in [0.25, 0.3) is 0 Å². The van der Waals surface area contributed by atoms with Gasteiger partial charge >= 0.3 is 0 Å². The third-order valence-corrected chi connectivity index (χ3v) is 5.99. The lowest BCUT2D eigenvalue weighted by Gasteiger charge is -2.31. The van der Waals surface area contributed by atoms with E-state index in [4.69, 9.17) is 32.7 Å². The van der Waals surface area contributed by atoms with Crippen LogP contribution in [0, 0.1) is 0 Å². The van der Waals surface area contributed by atoms with Gasteiger partial charge in [-0.1, -0.05) is 42.3 Å². The Balaban J connectivity index is 2.27. The normalized spacial score (nSPS) is 11.8. The second kappa shape index (κ2) is 14.2. The maximum Gasteiger partial charge on any atom is 0.243 e. The maximum atomic E-state index is 13.5. The van der Waals surface area contributed by atoms with Gasteiger partial charge in [-0.15, -0.1) is 0 Å². The first-order valence-corrected chi connectivity index (χ1v) is 12.9. The molecule has 6 nitrogen and oxygen atoms in total. The number of rotatable bonds is 13. The molecule has 0 saturated heterocycles. The minimum absolute atomic E-state index is 0.0338. The van der Waals surface area contributed by atoms with Crippen LogP contribution in [0.3, 0.4) is 0 Å². The third kappa shape index (κ3) is 8.62. The van der Waals surface area contributed by atoms with Crippen molar-refractivity contribution in [3.63, 3.8) is 0 Å². The molecule has 0 aliphatic carbocycles. The van der Waals surface area contributed by atoms with E-state index in [2.05, 4.69) is 5.32 Å². The Hall–Kier alpha value is -2.44. The molecular formula is C27H36Cl2N2O4. The van der Waals surface area contributed by atoms with Gasteiger partial charge in [0.2, 0.25) is 11.8 Å². The number of nitrogens with zero attached hydrogens (tertiary/aromatic N) is 1. The van der Waals surface area contributed by atoms with Crippen molar-refractivity contribution in [2.45, 2.75) is 72.5 Å². The zero-order valence-electron chi connectivity index (χ0n) is 21.2. The molecule has 2 aromatic carbocycles. The summed E-state index contributed by atoms with van der Waals surface area (Å²) in [6, 6.07) is 10.2. The van der Waals surface area contributed by atoms with Crippen molar-refractivity contribution in [1.29, 1.82) is 0 Å². The highest BCUT2D eigenvalue weighted by atomic mass is 35.5. The maximum absolute atomic E-state index is 13.5. The van der Waals surface area contributed by atoms with E-state index in [1.165, 1.54) is 0 Å². The number of carbonyl (C=O) groups is 2. The number of hydrogen-bond donors (Lipinski definition) is 1. The molecule has 0 spiro atoms. The highest BCUT2D eigenvalue weighted by molar-refractivity contribution is 6.35. The number of nitrogens with one attached hydrogen (secondary N) is 1. The van der Waals surface area contributed by atoms with Gasteiger partial charge in [-0.3, -0.25) is 9.59 Å². The van der Waals surface area contributed by atoms with Gasteiger partial charge in [0.15, 0.2) is 11.5 Å². The Kier molecular flexibility index (Phi) is 11.7. The molecule has 0 unspecified atom stereocenters. The van der Waals surface area contributed by atoms with E-state index in [0.29, 0.717) is 47.6 Å². The van der Waals surface area contributed by atoms with Crippen molar-refractivity contribution in [2.24, 2.45) is 0 Å². The van der Waals surface area contributed by atoms with Gasteiger partial charge in [-0.05, 0) is 75.9 Å². The van der Waals surface area contributed by atoms with Gasteiger partial charge in [0.25, 0.3) is 0 Å².